The zero-order valence-electron chi connectivity index (χ0n) is 10.3. The van der Waals surface area contributed by atoms with Crippen molar-refractivity contribution in [2.75, 3.05) is 5.32 Å². The molecule has 2 aromatic rings. The van der Waals surface area contributed by atoms with Gasteiger partial charge in [0, 0.05) is 4.47 Å². The largest absolute Gasteiger partial charge is 0.321 e. The van der Waals surface area contributed by atoms with Gasteiger partial charge >= 0.3 is 0 Å². The second-order valence-electron chi connectivity index (χ2n) is 4.18. The number of amides is 1. The van der Waals surface area contributed by atoms with Gasteiger partial charge in [-0.2, -0.15) is 0 Å². The molecule has 0 saturated carbocycles. The third-order valence-electron chi connectivity index (χ3n) is 2.62. The van der Waals surface area contributed by atoms with E-state index in [9.17, 15) is 13.6 Å². The lowest BCUT2D eigenvalue weighted by molar-refractivity contribution is 0.102. The Morgan fingerprint density at radius 3 is 2.60 bits per heavy atom. The molecular weight excluding hydrogens is 352 g/mol. The van der Waals surface area contributed by atoms with Crippen molar-refractivity contribution in [1.29, 1.82) is 0 Å². The SMILES string of the molecule is Cc1ccc(Br)c(NC(=O)c2cc(F)c(Cl)cc2F)c1. The first-order chi connectivity index (χ1) is 9.38. The minimum Gasteiger partial charge on any atom is -0.321 e. The number of carbonyl (C=O) groups is 1. The van der Waals surface area contributed by atoms with E-state index in [1.54, 1.807) is 12.1 Å². The Kier molecular flexibility index (Phi) is 4.40. The Morgan fingerprint density at radius 2 is 1.90 bits per heavy atom. The summed E-state index contributed by atoms with van der Waals surface area (Å²) in [5.41, 5.74) is 0.997. The number of hydrogen-bond donors (Lipinski definition) is 1. The van der Waals surface area contributed by atoms with Gasteiger partial charge in [0.1, 0.15) is 11.6 Å². The van der Waals surface area contributed by atoms with Gasteiger partial charge in [-0.1, -0.05) is 17.7 Å². The average molecular weight is 361 g/mol. The maximum absolute atomic E-state index is 13.6. The molecule has 0 aliphatic rings. The molecule has 1 amide bonds. The van der Waals surface area contributed by atoms with Gasteiger partial charge in [0.2, 0.25) is 0 Å². The van der Waals surface area contributed by atoms with E-state index < -0.39 is 23.1 Å². The molecule has 20 heavy (non-hydrogen) atoms. The lowest BCUT2D eigenvalue weighted by Crippen LogP contribution is -2.14. The van der Waals surface area contributed by atoms with Crippen LogP contribution in [0.4, 0.5) is 14.5 Å². The Morgan fingerprint density at radius 1 is 1.20 bits per heavy atom. The van der Waals surface area contributed by atoms with Crippen LogP contribution in [0.3, 0.4) is 0 Å². The van der Waals surface area contributed by atoms with E-state index in [0.29, 0.717) is 10.2 Å². The van der Waals surface area contributed by atoms with Crippen LogP contribution in [0.1, 0.15) is 15.9 Å². The van der Waals surface area contributed by atoms with Crippen molar-refractivity contribution in [3.05, 3.63) is 62.6 Å². The van der Waals surface area contributed by atoms with E-state index in [1.807, 2.05) is 13.0 Å². The van der Waals surface area contributed by atoms with Gasteiger partial charge in [0.15, 0.2) is 0 Å². The number of hydrogen-bond acceptors (Lipinski definition) is 1. The van der Waals surface area contributed by atoms with E-state index >= 15 is 0 Å². The Balaban J connectivity index is 2.33. The van der Waals surface area contributed by atoms with Crippen molar-refractivity contribution in [3.63, 3.8) is 0 Å². The van der Waals surface area contributed by atoms with E-state index in [1.165, 1.54) is 0 Å². The molecule has 0 aliphatic carbocycles. The number of carbonyl (C=O) groups excluding carboxylic acids is 1. The van der Waals surface area contributed by atoms with Crippen molar-refractivity contribution >= 4 is 39.1 Å². The zero-order chi connectivity index (χ0) is 14.9. The molecule has 1 N–H and O–H groups in total. The molecule has 0 bridgehead atoms. The van der Waals surface area contributed by atoms with Crippen LogP contribution < -0.4 is 5.32 Å². The third kappa shape index (κ3) is 3.16. The summed E-state index contributed by atoms with van der Waals surface area (Å²) in [5.74, 6) is -2.47. The fourth-order valence-corrected chi connectivity index (χ4v) is 2.12. The first-order valence-electron chi connectivity index (χ1n) is 5.60. The zero-order valence-corrected chi connectivity index (χ0v) is 12.6. The highest BCUT2D eigenvalue weighted by atomic mass is 79.9. The third-order valence-corrected chi connectivity index (χ3v) is 3.61. The van der Waals surface area contributed by atoms with Gasteiger partial charge in [-0.3, -0.25) is 4.79 Å². The molecule has 2 rings (SSSR count). The van der Waals surface area contributed by atoms with E-state index in [2.05, 4.69) is 21.2 Å². The number of benzene rings is 2. The number of halogens is 4. The number of anilines is 1. The highest BCUT2D eigenvalue weighted by molar-refractivity contribution is 9.10. The van der Waals surface area contributed by atoms with Crippen LogP contribution in [0, 0.1) is 18.6 Å². The van der Waals surface area contributed by atoms with Crippen molar-refractivity contribution in [2.45, 2.75) is 6.92 Å². The van der Waals surface area contributed by atoms with Crippen LogP contribution in [-0.2, 0) is 0 Å². The summed E-state index contributed by atoms with van der Waals surface area (Å²) in [5, 5.41) is 2.15. The molecule has 0 aliphatic heterocycles. The lowest BCUT2D eigenvalue weighted by Gasteiger charge is -2.09. The van der Waals surface area contributed by atoms with Gasteiger partial charge in [-0.15, -0.1) is 0 Å². The molecule has 2 nitrogen and oxygen atoms in total. The molecule has 0 spiro atoms. The van der Waals surface area contributed by atoms with Gasteiger partial charge in [0.05, 0.1) is 16.3 Å². The van der Waals surface area contributed by atoms with Crippen LogP contribution in [-0.4, -0.2) is 5.91 Å². The van der Waals surface area contributed by atoms with Crippen molar-refractivity contribution < 1.29 is 13.6 Å². The summed E-state index contributed by atoms with van der Waals surface area (Å²) in [6.45, 7) is 1.85. The van der Waals surface area contributed by atoms with Crippen LogP contribution >= 0.6 is 27.5 Å². The quantitative estimate of drug-likeness (QED) is 0.755. The number of rotatable bonds is 2. The van der Waals surface area contributed by atoms with Crippen LogP contribution in [0.5, 0.6) is 0 Å². The molecule has 0 fully saturated rings. The summed E-state index contributed by atoms with van der Waals surface area (Å²) in [7, 11) is 0. The molecule has 2 aromatic carbocycles. The first kappa shape index (κ1) is 14.9. The summed E-state index contributed by atoms with van der Waals surface area (Å²) >= 11 is 8.72. The van der Waals surface area contributed by atoms with Crippen LogP contribution in [0.25, 0.3) is 0 Å². The monoisotopic (exact) mass is 359 g/mol. The van der Waals surface area contributed by atoms with Crippen molar-refractivity contribution in [2.24, 2.45) is 0 Å². The fraction of sp³-hybridized carbons (Fsp3) is 0.0714. The molecule has 0 aromatic heterocycles. The Bertz CT molecular complexity index is 691. The van der Waals surface area contributed by atoms with Crippen LogP contribution in [0.15, 0.2) is 34.8 Å². The normalized spacial score (nSPS) is 10.4. The van der Waals surface area contributed by atoms with Gasteiger partial charge in [-0.25, -0.2) is 8.78 Å². The summed E-state index contributed by atoms with van der Waals surface area (Å²) in [6.07, 6.45) is 0. The van der Waals surface area contributed by atoms with E-state index in [4.69, 9.17) is 11.6 Å². The predicted molar refractivity (Wildman–Crippen MR) is 78.2 cm³/mol. The molecule has 0 radical (unpaired) electrons. The first-order valence-corrected chi connectivity index (χ1v) is 6.77. The molecule has 6 heteroatoms. The van der Waals surface area contributed by atoms with Gasteiger partial charge < -0.3 is 5.32 Å². The number of aryl methyl sites for hydroxylation is 1. The standard InChI is InChI=1S/C14H9BrClF2NO/c1-7-2-3-9(15)13(4-7)19-14(20)8-5-12(18)10(16)6-11(8)17/h2-6H,1H3,(H,19,20). The van der Waals surface area contributed by atoms with E-state index in [-0.39, 0.29) is 5.02 Å². The maximum atomic E-state index is 13.6. The Hall–Kier alpha value is -1.46. The molecular formula is C14H9BrClF2NO. The predicted octanol–water partition coefficient (Wildman–Crippen LogP) is 4.94. The summed E-state index contributed by atoms with van der Waals surface area (Å²) in [6, 6.07) is 6.87. The number of nitrogens with one attached hydrogen (secondary N) is 1. The minimum atomic E-state index is -0.877. The smallest absolute Gasteiger partial charge is 0.258 e. The highest BCUT2D eigenvalue weighted by Gasteiger charge is 2.16. The average Bonchev–Trinajstić information content (AvgIpc) is 2.38. The second kappa shape index (κ2) is 5.89. The fourth-order valence-electron chi connectivity index (χ4n) is 1.62. The second-order valence-corrected chi connectivity index (χ2v) is 5.45. The molecule has 0 heterocycles. The topological polar surface area (TPSA) is 29.1 Å². The minimum absolute atomic E-state index is 0.365. The van der Waals surface area contributed by atoms with Crippen LogP contribution in [0.2, 0.25) is 5.02 Å². The van der Waals surface area contributed by atoms with Gasteiger partial charge in [0.25, 0.3) is 5.91 Å². The molecule has 0 saturated heterocycles. The van der Waals surface area contributed by atoms with E-state index in [0.717, 1.165) is 17.7 Å². The molecule has 0 atom stereocenters. The van der Waals surface area contributed by atoms with Crippen molar-refractivity contribution in [3.8, 4) is 0 Å². The van der Waals surface area contributed by atoms with Gasteiger partial charge in [-0.05, 0) is 52.7 Å². The van der Waals surface area contributed by atoms with Crippen molar-refractivity contribution in [1.82, 2.24) is 0 Å². The summed E-state index contributed by atoms with van der Waals surface area (Å²) in [4.78, 5) is 12.0. The maximum Gasteiger partial charge on any atom is 0.258 e. The molecule has 0 unspecified atom stereocenters. The summed E-state index contributed by atoms with van der Waals surface area (Å²) < 4.78 is 27.6. The highest BCUT2D eigenvalue weighted by Crippen LogP contribution is 2.25. The molecule has 104 valence electrons. The Labute approximate surface area is 127 Å². The lowest BCUT2D eigenvalue weighted by atomic mass is 10.1.